The molecule has 0 unspecified atom stereocenters. The molecule has 0 radical (unpaired) electrons. The number of phenolic OH excluding ortho intramolecular Hbond substituents is 1. The molecule has 0 saturated heterocycles. The Morgan fingerprint density at radius 2 is 2.00 bits per heavy atom. The summed E-state index contributed by atoms with van der Waals surface area (Å²) in [6.45, 7) is 0. The van der Waals surface area contributed by atoms with Crippen LogP contribution in [0.1, 0.15) is 11.1 Å². The molecular weight excluding hydrogens is 278 g/mol. The van der Waals surface area contributed by atoms with Crippen LogP contribution in [0.25, 0.3) is 22.6 Å². The van der Waals surface area contributed by atoms with Gasteiger partial charge in [0.15, 0.2) is 0 Å². The minimum Gasteiger partial charge on any atom is -0.508 e. The number of nitrogens with two attached hydrogens (primary N) is 1. The van der Waals surface area contributed by atoms with E-state index in [9.17, 15) is 9.90 Å². The fourth-order valence-corrected chi connectivity index (χ4v) is 2.75. The summed E-state index contributed by atoms with van der Waals surface area (Å²) in [6.07, 6.45) is 3.62. The fourth-order valence-electron chi connectivity index (χ4n) is 2.75. The molecule has 5 N–H and O–H groups in total. The molecule has 5 nitrogen and oxygen atoms in total. The van der Waals surface area contributed by atoms with Crippen molar-refractivity contribution in [2.45, 2.75) is 0 Å². The lowest BCUT2D eigenvalue weighted by atomic mass is 10.0. The van der Waals surface area contributed by atoms with Crippen LogP contribution in [-0.4, -0.2) is 16.0 Å². The second-order valence-electron chi connectivity index (χ2n) is 5.29. The van der Waals surface area contributed by atoms with Crippen molar-refractivity contribution >= 4 is 39.8 Å². The van der Waals surface area contributed by atoms with Crippen molar-refractivity contribution in [3.05, 3.63) is 53.7 Å². The predicted molar refractivity (Wildman–Crippen MR) is 87.3 cm³/mol. The molecule has 0 bridgehead atoms. The summed E-state index contributed by atoms with van der Waals surface area (Å²) in [6, 6.07) is 10.4. The van der Waals surface area contributed by atoms with Crippen LogP contribution in [0.5, 0.6) is 5.75 Å². The first-order valence-electron chi connectivity index (χ1n) is 6.85. The van der Waals surface area contributed by atoms with Crippen molar-refractivity contribution in [2.75, 3.05) is 11.1 Å². The number of H-pyrrole nitrogens is 1. The molecule has 2 heterocycles. The largest absolute Gasteiger partial charge is 0.508 e. The van der Waals surface area contributed by atoms with E-state index in [0.717, 1.165) is 27.7 Å². The van der Waals surface area contributed by atoms with Crippen molar-refractivity contribution < 1.29 is 9.90 Å². The lowest BCUT2D eigenvalue weighted by Gasteiger charge is -2.00. The third kappa shape index (κ3) is 1.83. The molecule has 2 aromatic carbocycles. The van der Waals surface area contributed by atoms with Gasteiger partial charge in [0.1, 0.15) is 5.75 Å². The van der Waals surface area contributed by atoms with E-state index < -0.39 is 0 Å². The monoisotopic (exact) mass is 291 g/mol. The number of nitrogen functional groups attached to an aromatic ring is 1. The van der Waals surface area contributed by atoms with E-state index in [4.69, 9.17) is 5.73 Å². The van der Waals surface area contributed by atoms with Gasteiger partial charge < -0.3 is 21.1 Å². The van der Waals surface area contributed by atoms with Gasteiger partial charge in [-0.25, -0.2) is 0 Å². The number of benzene rings is 2. The van der Waals surface area contributed by atoms with Crippen LogP contribution in [-0.2, 0) is 4.79 Å². The lowest BCUT2D eigenvalue weighted by molar-refractivity contribution is -0.110. The molecule has 1 aromatic heterocycles. The molecule has 0 saturated carbocycles. The summed E-state index contributed by atoms with van der Waals surface area (Å²) in [5.74, 6) is 0.0300. The number of hydrogen-bond acceptors (Lipinski definition) is 3. The zero-order valence-electron chi connectivity index (χ0n) is 11.6. The normalized spacial score (nSPS) is 15.3. The van der Waals surface area contributed by atoms with Crippen molar-refractivity contribution in [1.29, 1.82) is 0 Å². The first-order chi connectivity index (χ1) is 10.6. The topological polar surface area (TPSA) is 91.1 Å². The number of carbonyl (C=O) groups excluding carboxylic acids is 1. The van der Waals surface area contributed by atoms with Crippen LogP contribution in [0.2, 0.25) is 0 Å². The molecular formula is C17H13N3O2. The minimum atomic E-state index is -0.157. The summed E-state index contributed by atoms with van der Waals surface area (Å²) in [5.41, 5.74) is 10.3. The van der Waals surface area contributed by atoms with Gasteiger partial charge in [0.2, 0.25) is 0 Å². The molecule has 0 atom stereocenters. The van der Waals surface area contributed by atoms with Crippen LogP contribution in [0.3, 0.4) is 0 Å². The number of aromatic nitrogens is 1. The number of anilines is 2. The highest BCUT2D eigenvalue weighted by Crippen LogP contribution is 2.35. The summed E-state index contributed by atoms with van der Waals surface area (Å²) >= 11 is 0. The average Bonchev–Trinajstić information content (AvgIpc) is 3.02. The molecule has 22 heavy (non-hydrogen) atoms. The van der Waals surface area contributed by atoms with Gasteiger partial charge in [-0.1, -0.05) is 0 Å². The molecule has 3 aromatic rings. The number of aromatic hydroxyl groups is 1. The Morgan fingerprint density at radius 3 is 2.86 bits per heavy atom. The first-order valence-corrected chi connectivity index (χ1v) is 6.85. The van der Waals surface area contributed by atoms with Gasteiger partial charge in [-0.2, -0.15) is 0 Å². The average molecular weight is 291 g/mol. The fraction of sp³-hybridized carbons (Fsp3) is 0. The molecule has 1 amide bonds. The number of aromatic amines is 1. The van der Waals surface area contributed by atoms with Crippen LogP contribution < -0.4 is 11.1 Å². The van der Waals surface area contributed by atoms with Crippen molar-refractivity contribution in [3.63, 3.8) is 0 Å². The number of fused-ring (bicyclic) bond motifs is 2. The van der Waals surface area contributed by atoms with Crippen LogP contribution in [0.4, 0.5) is 11.4 Å². The van der Waals surface area contributed by atoms with E-state index in [2.05, 4.69) is 10.3 Å². The third-order valence-electron chi connectivity index (χ3n) is 3.82. The number of amides is 1. The maximum absolute atomic E-state index is 12.2. The highest BCUT2D eigenvalue weighted by Gasteiger charge is 2.24. The Labute approximate surface area is 126 Å². The Kier molecular flexibility index (Phi) is 2.50. The number of phenols is 1. The number of carbonyl (C=O) groups is 1. The third-order valence-corrected chi connectivity index (χ3v) is 3.82. The molecule has 4 rings (SSSR count). The molecule has 0 spiro atoms. The van der Waals surface area contributed by atoms with Gasteiger partial charge in [-0.15, -0.1) is 0 Å². The molecule has 5 heteroatoms. The molecule has 1 aliphatic rings. The zero-order valence-corrected chi connectivity index (χ0v) is 11.6. The van der Waals surface area contributed by atoms with Crippen LogP contribution in [0.15, 0.2) is 42.6 Å². The minimum absolute atomic E-state index is 0.157. The maximum atomic E-state index is 12.2. The smallest absolute Gasteiger partial charge is 0.256 e. The quantitative estimate of drug-likeness (QED) is 0.410. The Balaban J connectivity index is 1.91. The van der Waals surface area contributed by atoms with Crippen LogP contribution in [0, 0.1) is 0 Å². The van der Waals surface area contributed by atoms with E-state index in [0.29, 0.717) is 11.3 Å². The second kappa shape index (κ2) is 4.39. The Hall–Kier alpha value is -3.21. The number of rotatable bonds is 1. The van der Waals surface area contributed by atoms with Gasteiger partial charge in [-0.3, -0.25) is 4.79 Å². The van der Waals surface area contributed by atoms with E-state index >= 15 is 0 Å². The second-order valence-corrected chi connectivity index (χ2v) is 5.29. The summed E-state index contributed by atoms with van der Waals surface area (Å²) < 4.78 is 0. The summed E-state index contributed by atoms with van der Waals surface area (Å²) in [5, 5.41) is 13.3. The Bertz CT molecular complexity index is 954. The molecule has 0 fully saturated rings. The highest BCUT2D eigenvalue weighted by atomic mass is 16.3. The summed E-state index contributed by atoms with van der Waals surface area (Å²) in [4.78, 5) is 15.3. The zero-order chi connectivity index (χ0) is 15.3. The SMILES string of the molecule is Nc1ccc2c(c1)C(=Cc1c[nH]c3ccc(O)cc13)C(=O)N2. The predicted octanol–water partition coefficient (Wildman–Crippen LogP) is 2.95. The van der Waals surface area contributed by atoms with Crippen LogP contribution >= 0.6 is 0 Å². The van der Waals surface area contributed by atoms with Gasteiger partial charge in [0, 0.05) is 45.2 Å². The van der Waals surface area contributed by atoms with Gasteiger partial charge in [-0.05, 0) is 42.5 Å². The van der Waals surface area contributed by atoms with E-state index in [1.54, 1.807) is 42.5 Å². The first kappa shape index (κ1) is 12.5. The molecule has 108 valence electrons. The van der Waals surface area contributed by atoms with Gasteiger partial charge in [0.25, 0.3) is 5.91 Å². The van der Waals surface area contributed by atoms with Crippen molar-refractivity contribution in [3.8, 4) is 5.75 Å². The number of nitrogens with one attached hydrogen (secondary N) is 2. The highest BCUT2D eigenvalue weighted by molar-refractivity contribution is 6.35. The van der Waals surface area contributed by atoms with Gasteiger partial charge in [0.05, 0.1) is 0 Å². The van der Waals surface area contributed by atoms with E-state index in [-0.39, 0.29) is 11.7 Å². The Morgan fingerprint density at radius 1 is 1.14 bits per heavy atom. The van der Waals surface area contributed by atoms with Crippen molar-refractivity contribution in [1.82, 2.24) is 4.98 Å². The van der Waals surface area contributed by atoms with E-state index in [1.807, 2.05) is 6.20 Å². The number of hydrogen-bond donors (Lipinski definition) is 4. The van der Waals surface area contributed by atoms with Crippen molar-refractivity contribution in [2.24, 2.45) is 0 Å². The van der Waals surface area contributed by atoms with Gasteiger partial charge >= 0.3 is 0 Å². The lowest BCUT2D eigenvalue weighted by Crippen LogP contribution is -2.03. The molecule has 0 aliphatic carbocycles. The maximum Gasteiger partial charge on any atom is 0.256 e. The standard InChI is InChI=1S/C17H13N3O2/c18-10-1-3-16-13(6-10)14(17(22)20-16)5-9-8-19-15-4-2-11(21)7-12(9)15/h1-8,19,21H,18H2,(H,20,22). The van der Waals surface area contributed by atoms with E-state index in [1.165, 1.54) is 0 Å². The molecule has 1 aliphatic heterocycles. The summed E-state index contributed by atoms with van der Waals surface area (Å²) in [7, 11) is 0.